The van der Waals surface area contributed by atoms with Crippen LogP contribution in [0.4, 0.5) is 14.9 Å². The highest BCUT2D eigenvalue weighted by Crippen LogP contribution is 2.18. The zero-order valence-corrected chi connectivity index (χ0v) is 15.5. The lowest BCUT2D eigenvalue weighted by molar-refractivity contribution is 0.0526. The number of nitrogens with one attached hydrogen (secondary N) is 2. The topological polar surface area (TPSA) is 53.6 Å². The summed E-state index contributed by atoms with van der Waals surface area (Å²) < 4.78 is 18.2. The molecule has 0 atom stereocenters. The molecule has 0 saturated heterocycles. The number of nitrogens with zero attached hydrogens (tertiary/aromatic N) is 1. The number of benzene rings is 1. The van der Waals surface area contributed by atoms with Gasteiger partial charge >= 0.3 is 6.09 Å². The summed E-state index contributed by atoms with van der Waals surface area (Å²) in [5, 5.41) is 6.04. The number of hydrogen-bond donors (Lipinski definition) is 2. The Kier molecular flexibility index (Phi) is 8.28. The second-order valence-electron chi connectivity index (χ2n) is 6.64. The highest BCUT2D eigenvalue weighted by molar-refractivity contribution is 6.31. The van der Waals surface area contributed by atoms with E-state index in [9.17, 15) is 9.18 Å². The number of alkyl carbamates (subject to hydrolysis) is 1. The molecular formula is C17H27ClFN3O2. The van der Waals surface area contributed by atoms with E-state index in [2.05, 4.69) is 15.5 Å². The van der Waals surface area contributed by atoms with E-state index < -0.39 is 11.4 Å². The Labute approximate surface area is 148 Å². The molecule has 5 nitrogen and oxygen atoms in total. The van der Waals surface area contributed by atoms with E-state index in [1.807, 2.05) is 27.8 Å². The van der Waals surface area contributed by atoms with Crippen LogP contribution >= 0.6 is 11.6 Å². The van der Waals surface area contributed by atoms with Crippen LogP contribution < -0.4 is 10.6 Å². The average molecular weight is 360 g/mol. The molecule has 7 heteroatoms. The van der Waals surface area contributed by atoms with Crippen LogP contribution in [0.15, 0.2) is 18.2 Å². The van der Waals surface area contributed by atoms with E-state index in [0.29, 0.717) is 6.54 Å². The molecule has 0 aliphatic rings. The predicted molar refractivity (Wildman–Crippen MR) is 96.3 cm³/mol. The first kappa shape index (κ1) is 20.5. The Balaban J connectivity index is 2.12. The molecule has 24 heavy (non-hydrogen) atoms. The number of likely N-dealkylation sites (N-methyl/N-ethyl adjacent to an activating group) is 1. The lowest BCUT2D eigenvalue weighted by Gasteiger charge is -2.20. The molecule has 0 unspecified atom stereocenters. The van der Waals surface area contributed by atoms with Crippen LogP contribution in [0.5, 0.6) is 0 Å². The third kappa shape index (κ3) is 8.93. The maximum atomic E-state index is 13.1. The van der Waals surface area contributed by atoms with Gasteiger partial charge in [0.2, 0.25) is 0 Å². The molecule has 1 amide bonds. The monoisotopic (exact) mass is 359 g/mol. The van der Waals surface area contributed by atoms with Gasteiger partial charge in [0.25, 0.3) is 0 Å². The number of hydrogen-bond acceptors (Lipinski definition) is 4. The second-order valence-corrected chi connectivity index (χ2v) is 7.05. The number of ether oxygens (including phenoxy) is 1. The molecule has 1 aromatic carbocycles. The first-order valence-electron chi connectivity index (χ1n) is 8.02. The van der Waals surface area contributed by atoms with Crippen LogP contribution in [0.1, 0.15) is 27.2 Å². The van der Waals surface area contributed by atoms with Gasteiger partial charge in [-0.05, 0) is 59.0 Å². The molecule has 0 aliphatic heterocycles. The first-order valence-corrected chi connectivity index (χ1v) is 8.39. The third-order valence-electron chi connectivity index (χ3n) is 3.13. The molecule has 0 fully saturated rings. The van der Waals surface area contributed by atoms with Crippen molar-refractivity contribution in [3.8, 4) is 0 Å². The summed E-state index contributed by atoms with van der Waals surface area (Å²) in [6.07, 6.45) is 0.443. The van der Waals surface area contributed by atoms with Crippen molar-refractivity contribution in [1.29, 1.82) is 0 Å². The summed E-state index contributed by atoms with van der Waals surface area (Å²) in [6, 6.07) is 4.57. The standard InChI is InChI=1S/C17H27ClFN3O2/c1-17(2,3)24-16(23)21-8-5-10-22(4)11-9-20-13-6-7-15(19)14(18)12-13/h6-7,12,20H,5,8-11H2,1-4H3,(H,21,23). The smallest absolute Gasteiger partial charge is 0.407 e. The SMILES string of the molecule is CN(CCCNC(=O)OC(C)(C)C)CCNc1ccc(F)c(Cl)c1. The predicted octanol–water partition coefficient (Wildman–Crippen LogP) is 3.74. The lowest BCUT2D eigenvalue weighted by atomic mass is 10.2. The van der Waals surface area contributed by atoms with Gasteiger partial charge in [-0.3, -0.25) is 0 Å². The molecule has 0 bridgehead atoms. The molecule has 1 rings (SSSR count). The number of anilines is 1. The Morgan fingerprint density at radius 3 is 2.62 bits per heavy atom. The third-order valence-corrected chi connectivity index (χ3v) is 3.42. The lowest BCUT2D eigenvalue weighted by Crippen LogP contribution is -2.34. The second kappa shape index (κ2) is 9.69. The van der Waals surface area contributed by atoms with Crippen molar-refractivity contribution in [2.24, 2.45) is 0 Å². The molecule has 0 aliphatic carbocycles. The van der Waals surface area contributed by atoms with Crippen LogP contribution in [0.2, 0.25) is 5.02 Å². The summed E-state index contributed by atoms with van der Waals surface area (Å²) in [5.74, 6) is -0.420. The first-order chi connectivity index (χ1) is 11.2. The zero-order valence-electron chi connectivity index (χ0n) is 14.8. The van der Waals surface area contributed by atoms with E-state index in [-0.39, 0.29) is 11.1 Å². The van der Waals surface area contributed by atoms with Crippen molar-refractivity contribution < 1.29 is 13.9 Å². The minimum atomic E-state index is -0.476. The van der Waals surface area contributed by atoms with Crippen LogP contribution in [-0.2, 0) is 4.74 Å². The molecule has 2 N–H and O–H groups in total. The van der Waals surface area contributed by atoms with E-state index >= 15 is 0 Å². The highest BCUT2D eigenvalue weighted by atomic mass is 35.5. The number of amides is 1. The van der Waals surface area contributed by atoms with Crippen molar-refractivity contribution in [1.82, 2.24) is 10.2 Å². The number of carbonyl (C=O) groups is 1. The van der Waals surface area contributed by atoms with Crippen molar-refractivity contribution in [2.45, 2.75) is 32.8 Å². The molecule has 0 saturated carbocycles. The van der Waals surface area contributed by atoms with E-state index in [4.69, 9.17) is 16.3 Å². The Hall–Kier alpha value is -1.53. The van der Waals surface area contributed by atoms with Gasteiger partial charge in [0, 0.05) is 25.3 Å². The molecule has 0 spiro atoms. The van der Waals surface area contributed by atoms with Crippen molar-refractivity contribution in [3.05, 3.63) is 29.0 Å². The zero-order chi connectivity index (χ0) is 18.2. The van der Waals surface area contributed by atoms with Crippen LogP contribution in [-0.4, -0.2) is 49.8 Å². The van der Waals surface area contributed by atoms with Gasteiger partial charge in [0.1, 0.15) is 11.4 Å². The van der Waals surface area contributed by atoms with Gasteiger partial charge in [-0.25, -0.2) is 9.18 Å². The maximum Gasteiger partial charge on any atom is 0.407 e. The van der Waals surface area contributed by atoms with Crippen LogP contribution in [0.3, 0.4) is 0 Å². The minimum absolute atomic E-state index is 0.113. The van der Waals surface area contributed by atoms with Crippen LogP contribution in [0, 0.1) is 5.82 Å². The van der Waals surface area contributed by atoms with Crippen LogP contribution in [0.25, 0.3) is 0 Å². The normalized spacial score (nSPS) is 11.5. The van der Waals surface area contributed by atoms with E-state index in [1.54, 1.807) is 12.1 Å². The van der Waals surface area contributed by atoms with E-state index in [0.717, 1.165) is 31.7 Å². The number of rotatable bonds is 8. The van der Waals surface area contributed by atoms with Gasteiger partial charge in [-0.15, -0.1) is 0 Å². The number of carbonyl (C=O) groups excluding carboxylic acids is 1. The summed E-state index contributed by atoms with van der Waals surface area (Å²) >= 11 is 5.74. The minimum Gasteiger partial charge on any atom is -0.444 e. The summed E-state index contributed by atoms with van der Waals surface area (Å²) in [5.41, 5.74) is 0.317. The van der Waals surface area contributed by atoms with Gasteiger partial charge in [0.15, 0.2) is 0 Å². The highest BCUT2D eigenvalue weighted by Gasteiger charge is 2.15. The molecule has 0 heterocycles. The summed E-state index contributed by atoms with van der Waals surface area (Å²) in [6.45, 7) is 8.46. The fraction of sp³-hybridized carbons (Fsp3) is 0.588. The number of halogens is 2. The van der Waals surface area contributed by atoms with Gasteiger partial charge < -0.3 is 20.3 Å². The molecule has 136 valence electrons. The Morgan fingerprint density at radius 2 is 2.00 bits per heavy atom. The maximum absolute atomic E-state index is 13.1. The molecule has 0 aromatic heterocycles. The average Bonchev–Trinajstić information content (AvgIpc) is 2.45. The fourth-order valence-electron chi connectivity index (χ4n) is 1.96. The molecular weight excluding hydrogens is 333 g/mol. The van der Waals surface area contributed by atoms with Gasteiger partial charge in [0.05, 0.1) is 5.02 Å². The van der Waals surface area contributed by atoms with Gasteiger partial charge in [-0.1, -0.05) is 11.6 Å². The summed E-state index contributed by atoms with van der Waals surface area (Å²) in [4.78, 5) is 13.6. The van der Waals surface area contributed by atoms with Gasteiger partial charge in [-0.2, -0.15) is 0 Å². The van der Waals surface area contributed by atoms with Crippen molar-refractivity contribution in [3.63, 3.8) is 0 Å². The molecule has 0 radical (unpaired) electrons. The summed E-state index contributed by atoms with van der Waals surface area (Å²) in [7, 11) is 2.01. The van der Waals surface area contributed by atoms with E-state index in [1.165, 1.54) is 6.07 Å². The quantitative estimate of drug-likeness (QED) is 0.694. The van der Waals surface area contributed by atoms with Crippen molar-refractivity contribution >= 4 is 23.4 Å². The molecule has 1 aromatic rings. The Bertz CT molecular complexity index is 535. The fourth-order valence-corrected chi connectivity index (χ4v) is 2.14. The van der Waals surface area contributed by atoms with Crippen molar-refractivity contribution in [2.75, 3.05) is 38.5 Å². The largest absolute Gasteiger partial charge is 0.444 e. The Morgan fingerprint density at radius 1 is 1.29 bits per heavy atom.